The van der Waals surface area contributed by atoms with Gasteiger partial charge in [0.2, 0.25) is 5.91 Å². The maximum atomic E-state index is 12.7. The Morgan fingerprint density at radius 3 is 2.52 bits per heavy atom. The molecule has 0 radical (unpaired) electrons. The van der Waals surface area contributed by atoms with Crippen molar-refractivity contribution in [1.82, 2.24) is 15.3 Å². The molecule has 3 rings (SSSR count). The normalized spacial score (nSPS) is 14.9. The number of nitrogens with zero attached hydrogens (tertiary/aromatic N) is 3. The third-order valence-corrected chi connectivity index (χ3v) is 4.90. The number of hydrogen-bond acceptors (Lipinski definition) is 3. The topological polar surface area (TPSA) is 59.2 Å². The second-order valence-corrected chi connectivity index (χ2v) is 7.03. The Kier molecular flexibility index (Phi) is 4.80. The lowest BCUT2D eigenvalue weighted by molar-refractivity contribution is -0.126. The van der Waals surface area contributed by atoms with Crippen LogP contribution in [0.3, 0.4) is 0 Å². The third-order valence-electron chi connectivity index (χ3n) is 4.90. The van der Waals surface area contributed by atoms with E-state index in [1.54, 1.807) is 6.20 Å². The number of carbonyl (C=O) groups excluding carboxylic acids is 1. The molecular formula is C20H22N4O. The number of aromatic nitrogens is 2. The zero-order chi connectivity index (χ0) is 17.9. The van der Waals surface area contributed by atoms with Crippen LogP contribution in [0.25, 0.3) is 16.1 Å². The van der Waals surface area contributed by atoms with Gasteiger partial charge in [-0.1, -0.05) is 43.7 Å². The van der Waals surface area contributed by atoms with Crippen molar-refractivity contribution in [2.45, 2.75) is 51.0 Å². The van der Waals surface area contributed by atoms with Gasteiger partial charge in [-0.2, -0.15) is 0 Å². The summed E-state index contributed by atoms with van der Waals surface area (Å²) in [5.74, 6) is 0.347. The van der Waals surface area contributed by atoms with Gasteiger partial charge in [-0.05, 0) is 32.3 Å². The van der Waals surface area contributed by atoms with E-state index in [0.717, 1.165) is 24.0 Å². The molecule has 1 amide bonds. The molecule has 1 fully saturated rings. The van der Waals surface area contributed by atoms with Gasteiger partial charge in [0.05, 0.1) is 17.8 Å². The predicted octanol–water partition coefficient (Wildman–Crippen LogP) is 4.03. The van der Waals surface area contributed by atoms with Crippen molar-refractivity contribution in [3.05, 3.63) is 53.6 Å². The molecule has 5 heteroatoms. The zero-order valence-electron chi connectivity index (χ0n) is 14.6. The van der Waals surface area contributed by atoms with Gasteiger partial charge in [0, 0.05) is 11.6 Å². The van der Waals surface area contributed by atoms with Crippen LogP contribution in [0.4, 0.5) is 5.82 Å². The molecule has 1 aliphatic rings. The fraction of sp³-hybridized carbons (Fsp3) is 0.400. The first-order valence-electron chi connectivity index (χ1n) is 8.62. The average molecular weight is 334 g/mol. The van der Waals surface area contributed by atoms with Crippen LogP contribution in [0.15, 0.2) is 36.7 Å². The second kappa shape index (κ2) is 7.02. The molecule has 1 N–H and O–H groups in total. The summed E-state index contributed by atoms with van der Waals surface area (Å²) in [6, 6.07) is 8.08. The Morgan fingerprint density at radius 1 is 1.20 bits per heavy atom. The van der Waals surface area contributed by atoms with Crippen LogP contribution in [0.5, 0.6) is 0 Å². The zero-order valence-corrected chi connectivity index (χ0v) is 14.6. The van der Waals surface area contributed by atoms with Crippen LogP contribution >= 0.6 is 0 Å². The average Bonchev–Trinajstić information content (AvgIpc) is 3.15. The number of nitrogens with one attached hydrogen (secondary N) is 1. The molecule has 5 nitrogen and oxygen atoms in total. The second-order valence-electron chi connectivity index (χ2n) is 7.03. The lowest BCUT2D eigenvalue weighted by Crippen LogP contribution is -2.44. The summed E-state index contributed by atoms with van der Waals surface area (Å²) in [5, 5.41) is 3.18. The van der Waals surface area contributed by atoms with Gasteiger partial charge in [-0.15, -0.1) is 4.98 Å². The van der Waals surface area contributed by atoms with Crippen molar-refractivity contribution >= 4 is 11.7 Å². The molecule has 128 valence electrons. The number of carbonyl (C=O) groups is 1. The van der Waals surface area contributed by atoms with E-state index in [9.17, 15) is 4.79 Å². The fourth-order valence-corrected chi connectivity index (χ4v) is 3.17. The molecule has 1 heterocycles. The third kappa shape index (κ3) is 3.69. The summed E-state index contributed by atoms with van der Waals surface area (Å²) in [6.07, 6.45) is 7.65. The summed E-state index contributed by atoms with van der Waals surface area (Å²) in [7, 11) is 0. The minimum atomic E-state index is -0.592. The first kappa shape index (κ1) is 17.1. The molecule has 0 spiro atoms. The van der Waals surface area contributed by atoms with E-state index in [0.29, 0.717) is 11.7 Å². The van der Waals surface area contributed by atoms with Crippen molar-refractivity contribution in [2.24, 2.45) is 0 Å². The quantitative estimate of drug-likeness (QED) is 0.859. The largest absolute Gasteiger partial charge is 0.359 e. The molecule has 0 unspecified atom stereocenters. The molecule has 1 aromatic carbocycles. The van der Waals surface area contributed by atoms with E-state index in [4.69, 9.17) is 6.57 Å². The fourth-order valence-electron chi connectivity index (χ4n) is 3.17. The first-order valence-corrected chi connectivity index (χ1v) is 8.62. The summed E-state index contributed by atoms with van der Waals surface area (Å²) >= 11 is 0. The Hall–Kier alpha value is -2.74. The Morgan fingerprint density at radius 2 is 1.88 bits per heavy atom. The highest BCUT2D eigenvalue weighted by Crippen LogP contribution is 2.28. The van der Waals surface area contributed by atoms with Crippen LogP contribution < -0.4 is 5.32 Å². The summed E-state index contributed by atoms with van der Waals surface area (Å²) in [6.45, 7) is 10.9. The maximum Gasteiger partial charge on any atom is 0.288 e. The molecule has 0 atom stereocenters. The number of amides is 1. The Bertz CT molecular complexity index is 799. The van der Waals surface area contributed by atoms with Gasteiger partial charge < -0.3 is 10.2 Å². The summed E-state index contributed by atoms with van der Waals surface area (Å²) in [5.41, 5.74) is 1.91. The smallest absolute Gasteiger partial charge is 0.288 e. The van der Waals surface area contributed by atoms with Crippen LogP contribution in [-0.2, 0) is 10.2 Å². The Labute approximate surface area is 148 Å². The van der Waals surface area contributed by atoms with E-state index >= 15 is 0 Å². The highest BCUT2D eigenvalue weighted by Gasteiger charge is 2.32. The molecule has 1 saturated carbocycles. The van der Waals surface area contributed by atoms with Gasteiger partial charge >= 0.3 is 0 Å². The van der Waals surface area contributed by atoms with Gasteiger partial charge in [-0.25, -0.2) is 0 Å². The number of rotatable bonds is 4. The predicted molar refractivity (Wildman–Crippen MR) is 97.2 cm³/mol. The Balaban J connectivity index is 1.78. The van der Waals surface area contributed by atoms with E-state index in [2.05, 4.69) is 20.1 Å². The van der Waals surface area contributed by atoms with Crippen LogP contribution in [-0.4, -0.2) is 21.9 Å². The van der Waals surface area contributed by atoms with Crippen molar-refractivity contribution < 1.29 is 4.79 Å². The highest BCUT2D eigenvalue weighted by molar-refractivity contribution is 5.87. The monoisotopic (exact) mass is 334 g/mol. The maximum absolute atomic E-state index is 12.7. The summed E-state index contributed by atoms with van der Waals surface area (Å²) < 4.78 is 0. The van der Waals surface area contributed by atoms with E-state index in [1.807, 2.05) is 38.1 Å². The van der Waals surface area contributed by atoms with Crippen molar-refractivity contribution in [2.75, 3.05) is 0 Å². The molecule has 25 heavy (non-hydrogen) atoms. The number of benzene rings is 1. The van der Waals surface area contributed by atoms with Crippen LogP contribution in [0.2, 0.25) is 0 Å². The summed E-state index contributed by atoms with van der Waals surface area (Å²) in [4.78, 5) is 24.3. The van der Waals surface area contributed by atoms with Gasteiger partial charge in [0.15, 0.2) is 5.69 Å². The van der Waals surface area contributed by atoms with Gasteiger partial charge in [0.1, 0.15) is 0 Å². The molecule has 2 aromatic rings. The lowest BCUT2D eigenvalue weighted by Gasteiger charge is -2.26. The number of hydrogen-bond donors (Lipinski definition) is 1. The van der Waals surface area contributed by atoms with E-state index in [1.165, 1.54) is 19.0 Å². The lowest BCUT2D eigenvalue weighted by atomic mass is 9.83. The van der Waals surface area contributed by atoms with Crippen molar-refractivity contribution in [3.8, 4) is 11.3 Å². The molecular weight excluding hydrogens is 312 g/mol. The van der Waals surface area contributed by atoms with E-state index in [-0.39, 0.29) is 11.7 Å². The van der Waals surface area contributed by atoms with Crippen LogP contribution in [0.1, 0.15) is 45.1 Å². The minimum Gasteiger partial charge on any atom is -0.359 e. The highest BCUT2D eigenvalue weighted by atomic mass is 16.2. The molecule has 0 saturated heterocycles. The SMILES string of the molecule is [C-]#[N+]c1cncc(-c2ccc(C(C)(C)C(=O)NC3CCCC3)cc2)n1. The first-order chi connectivity index (χ1) is 12.0. The standard InChI is InChI=1S/C20H22N4O/c1-20(2,19(25)23-16-6-4-5-7-16)15-10-8-14(9-11-15)17-12-22-13-18(21-3)24-17/h8-13,16H,4-7H2,1-2H3,(H,23,25). The van der Waals surface area contributed by atoms with Gasteiger partial charge in [0.25, 0.3) is 5.82 Å². The molecule has 0 bridgehead atoms. The van der Waals surface area contributed by atoms with Gasteiger partial charge in [-0.3, -0.25) is 9.78 Å². The minimum absolute atomic E-state index is 0.0712. The molecule has 1 aromatic heterocycles. The molecule has 0 aliphatic heterocycles. The van der Waals surface area contributed by atoms with Crippen molar-refractivity contribution in [1.29, 1.82) is 0 Å². The van der Waals surface area contributed by atoms with E-state index < -0.39 is 5.41 Å². The molecule has 1 aliphatic carbocycles. The van der Waals surface area contributed by atoms with Crippen LogP contribution in [0, 0.1) is 6.57 Å². The van der Waals surface area contributed by atoms with Crippen molar-refractivity contribution in [3.63, 3.8) is 0 Å².